The van der Waals surface area contributed by atoms with Crippen LogP contribution in [0.4, 0.5) is 0 Å². The van der Waals surface area contributed by atoms with Gasteiger partial charge in [-0.3, -0.25) is 4.79 Å². The van der Waals surface area contributed by atoms with E-state index in [9.17, 15) is 4.79 Å². The van der Waals surface area contributed by atoms with E-state index in [0.717, 1.165) is 14.7 Å². The summed E-state index contributed by atoms with van der Waals surface area (Å²) in [6.45, 7) is 4.00. The molecule has 1 N–H and O–H groups in total. The minimum Gasteiger partial charge on any atom is -0.355 e. The molecule has 0 saturated carbocycles. The Bertz CT molecular complexity index is 347. The van der Waals surface area contributed by atoms with Crippen molar-refractivity contribution >= 4 is 28.5 Å². The van der Waals surface area contributed by atoms with E-state index in [1.165, 1.54) is 5.56 Å². The van der Waals surface area contributed by atoms with Gasteiger partial charge in [0.25, 0.3) is 5.91 Å². The first-order valence-electron chi connectivity index (χ1n) is 4.05. The lowest BCUT2D eigenvalue weighted by molar-refractivity contribution is 0.0962. The molecule has 0 unspecified atom stereocenters. The highest BCUT2D eigenvalue weighted by molar-refractivity contribution is 14.1. The number of rotatable bonds is 1. The fourth-order valence-electron chi connectivity index (χ4n) is 1.21. The summed E-state index contributed by atoms with van der Waals surface area (Å²) in [5.41, 5.74) is 3.00. The maximum Gasteiger partial charge on any atom is 0.251 e. The predicted molar refractivity (Wildman–Crippen MR) is 62.0 cm³/mol. The molecule has 0 aliphatic heterocycles. The Morgan fingerprint density at radius 2 is 1.92 bits per heavy atom. The lowest BCUT2D eigenvalue weighted by Crippen LogP contribution is -2.19. The Balaban J connectivity index is 3.23. The van der Waals surface area contributed by atoms with Crippen LogP contribution in [0.25, 0.3) is 0 Å². The van der Waals surface area contributed by atoms with E-state index in [4.69, 9.17) is 0 Å². The second-order valence-corrected chi connectivity index (χ2v) is 4.16. The number of carbonyl (C=O) groups is 1. The molecule has 0 saturated heterocycles. The van der Waals surface area contributed by atoms with Crippen LogP contribution in [0.15, 0.2) is 12.1 Å². The van der Waals surface area contributed by atoms with Gasteiger partial charge in [-0.1, -0.05) is 6.07 Å². The van der Waals surface area contributed by atoms with Crippen molar-refractivity contribution in [1.82, 2.24) is 5.32 Å². The molecule has 1 aromatic rings. The Hall–Kier alpha value is -0.580. The molecule has 13 heavy (non-hydrogen) atoms. The standard InChI is InChI=1S/C10H12INO/c1-6-4-7(2)9(11)5-8(6)10(13)12-3/h4-5H,1-3H3,(H,12,13). The maximum absolute atomic E-state index is 11.4. The molecule has 1 amide bonds. The number of aryl methyl sites for hydroxylation is 2. The fourth-order valence-corrected chi connectivity index (χ4v) is 1.67. The van der Waals surface area contributed by atoms with Crippen molar-refractivity contribution in [2.45, 2.75) is 13.8 Å². The zero-order chi connectivity index (χ0) is 10.0. The van der Waals surface area contributed by atoms with Crippen molar-refractivity contribution in [1.29, 1.82) is 0 Å². The molecular weight excluding hydrogens is 277 g/mol. The summed E-state index contributed by atoms with van der Waals surface area (Å²) >= 11 is 2.24. The number of amides is 1. The second-order valence-electron chi connectivity index (χ2n) is 3.00. The van der Waals surface area contributed by atoms with Gasteiger partial charge in [0.05, 0.1) is 0 Å². The van der Waals surface area contributed by atoms with E-state index >= 15 is 0 Å². The Labute approximate surface area is 91.9 Å². The zero-order valence-electron chi connectivity index (χ0n) is 7.94. The van der Waals surface area contributed by atoms with Crippen LogP contribution in [0.1, 0.15) is 21.5 Å². The van der Waals surface area contributed by atoms with Crippen molar-refractivity contribution in [2.24, 2.45) is 0 Å². The maximum atomic E-state index is 11.4. The molecule has 0 fully saturated rings. The van der Waals surface area contributed by atoms with Gasteiger partial charge >= 0.3 is 0 Å². The van der Waals surface area contributed by atoms with Crippen LogP contribution in [0.5, 0.6) is 0 Å². The van der Waals surface area contributed by atoms with Crippen LogP contribution < -0.4 is 5.32 Å². The predicted octanol–water partition coefficient (Wildman–Crippen LogP) is 2.27. The van der Waals surface area contributed by atoms with E-state index in [0.29, 0.717) is 0 Å². The van der Waals surface area contributed by atoms with Crippen molar-refractivity contribution in [2.75, 3.05) is 7.05 Å². The number of halogens is 1. The SMILES string of the molecule is CNC(=O)c1cc(I)c(C)cc1C. The van der Waals surface area contributed by atoms with E-state index in [-0.39, 0.29) is 5.91 Å². The first-order valence-corrected chi connectivity index (χ1v) is 5.13. The van der Waals surface area contributed by atoms with Crippen LogP contribution in [-0.4, -0.2) is 13.0 Å². The average molecular weight is 289 g/mol. The second kappa shape index (κ2) is 4.09. The van der Waals surface area contributed by atoms with E-state index in [1.807, 2.05) is 26.0 Å². The van der Waals surface area contributed by atoms with Crippen molar-refractivity contribution in [3.63, 3.8) is 0 Å². The molecule has 1 rings (SSSR count). The highest BCUT2D eigenvalue weighted by Gasteiger charge is 2.08. The third-order valence-electron chi connectivity index (χ3n) is 1.98. The van der Waals surface area contributed by atoms with Crippen LogP contribution in [0.3, 0.4) is 0 Å². The minimum atomic E-state index is -0.0181. The summed E-state index contributed by atoms with van der Waals surface area (Å²) in [5.74, 6) is -0.0181. The largest absolute Gasteiger partial charge is 0.355 e. The monoisotopic (exact) mass is 289 g/mol. The topological polar surface area (TPSA) is 29.1 Å². The molecular formula is C10H12INO. The van der Waals surface area contributed by atoms with Crippen LogP contribution in [-0.2, 0) is 0 Å². The molecule has 0 aromatic heterocycles. The Morgan fingerprint density at radius 1 is 1.31 bits per heavy atom. The summed E-state index contributed by atoms with van der Waals surface area (Å²) < 4.78 is 1.13. The average Bonchev–Trinajstić information content (AvgIpc) is 2.10. The molecule has 0 spiro atoms. The molecule has 0 bridgehead atoms. The molecule has 0 atom stereocenters. The molecule has 0 radical (unpaired) electrons. The van der Waals surface area contributed by atoms with Gasteiger partial charge in [-0.25, -0.2) is 0 Å². The van der Waals surface area contributed by atoms with Crippen molar-refractivity contribution < 1.29 is 4.79 Å². The third kappa shape index (κ3) is 2.21. The van der Waals surface area contributed by atoms with E-state index < -0.39 is 0 Å². The van der Waals surface area contributed by atoms with Crippen LogP contribution in [0.2, 0.25) is 0 Å². The lowest BCUT2D eigenvalue weighted by atomic mass is 10.1. The summed E-state index contributed by atoms with van der Waals surface area (Å²) in [7, 11) is 1.65. The summed E-state index contributed by atoms with van der Waals surface area (Å²) in [6.07, 6.45) is 0. The molecule has 0 heterocycles. The lowest BCUT2D eigenvalue weighted by Gasteiger charge is -2.07. The zero-order valence-corrected chi connectivity index (χ0v) is 10.1. The van der Waals surface area contributed by atoms with Crippen LogP contribution in [0, 0.1) is 17.4 Å². The van der Waals surface area contributed by atoms with Gasteiger partial charge in [0.15, 0.2) is 0 Å². The van der Waals surface area contributed by atoms with Crippen molar-refractivity contribution in [3.05, 3.63) is 32.4 Å². The molecule has 0 aliphatic rings. The number of carbonyl (C=O) groups excluding carboxylic acids is 1. The summed E-state index contributed by atoms with van der Waals surface area (Å²) in [4.78, 5) is 11.4. The molecule has 3 heteroatoms. The first-order chi connectivity index (χ1) is 6.06. The van der Waals surface area contributed by atoms with Gasteiger partial charge in [-0.05, 0) is 53.6 Å². The molecule has 70 valence electrons. The normalized spacial score (nSPS) is 9.85. The Morgan fingerprint density at radius 3 is 2.46 bits per heavy atom. The fraction of sp³-hybridized carbons (Fsp3) is 0.300. The van der Waals surface area contributed by atoms with Crippen LogP contribution >= 0.6 is 22.6 Å². The Kier molecular flexibility index (Phi) is 3.30. The van der Waals surface area contributed by atoms with Gasteiger partial charge in [0.2, 0.25) is 0 Å². The van der Waals surface area contributed by atoms with Gasteiger partial charge < -0.3 is 5.32 Å². The first kappa shape index (κ1) is 10.5. The van der Waals surface area contributed by atoms with Gasteiger partial charge in [0.1, 0.15) is 0 Å². The van der Waals surface area contributed by atoms with Gasteiger partial charge in [-0.2, -0.15) is 0 Å². The van der Waals surface area contributed by atoms with Crippen molar-refractivity contribution in [3.8, 4) is 0 Å². The van der Waals surface area contributed by atoms with Gasteiger partial charge in [0, 0.05) is 16.2 Å². The number of hydrogen-bond donors (Lipinski definition) is 1. The quantitative estimate of drug-likeness (QED) is 0.789. The molecule has 1 aromatic carbocycles. The highest BCUT2D eigenvalue weighted by Crippen LogP contribution is 2.17. The minimum absolute atomic E-state index is 0.0181. The number of hydrogen-bond acceptors (Lipinski definition) is 1. The molecule has 0 aliphatic carbocycles. The third-order valence-corrected chi connectivity index (χ3v) is 3.14. The van der Waals surface area contributed by atoms with E-state index in [1.54, 1.807) is 7.05 Å². The molecule has 2 nitrogen and oxygen atoms in total. The summed E-state index contributed by atoms with van der Waals surface area (Å²) in [6, 6.07) is 3.95. The smallest absolute Gasteiger partial charge is 0.251 e. The summed E-state index contributed by atoms with van der Waals surface area (Å²) in [5, 5.41) is 2.63. The highest BCUT2D eigenvalue weighted by atomic mass is 127. The number of nitrogens with one attached hydrogen (secondary N) is 1. The van der Waals surface area contributed by atoms with E-state index in [2.05, 4.69) is 27.9 Å². The number of benzene rings is 1. The van der Waals surface area contributed by atoms with Gasteiger partial charge in [-0.15, -0.1) is 0 Å².